The fraction of sp³-hybridized carbons (Fsp3) is 0.182. The van der Waals surface area contributed by atoms with Crippen molar-refractivity contribution in [2.45, 2.75) is 13.2 Å². The molecule has 3 aromatic rings. The number of nitrogens with one attached hydrogen (secondary N) is 1. The third-order valence-electron chi connectivity index (χ3n) is 4.50. The van der Waals surface area contributed by atoms with Crippen LogP contribution in [0.15, 0.2) is 59.1 Å². The summed E-state index contributed by atoms with van der Waals surface area (Å²) < 4.78 is 23.4. The molecular weight excluding hydrogens is 458 g/mol. The molecule has 1 aliphatic heterocycles. The van der Waals surface area contributed by atoms with Crippen molar-refractivity contribution in [3.8, 4) is 23.0 Å². The molecule has 0 atom stereocenters. The van der Waals surface area contributed by atoms with Crippen LogP contribution >= 0.6 is 27.5 Å². The maximum atomic E-state index is 6.15. The first kappa shape index (κ1) is 19.7. The molecule has 7 heteroatoms. The molecule has 0 fully saturated rings. The zero-order valence-corrected chi connectivity index (χ0v) is 18.0. The average molecular weight is 477 g/mol. The van der Waals surface area contributed by atoms with E-state index in [0.29, 0.717) is 29.7 Å². The molecule has 29 heavy (non-hydrogen) atoms. The molecule has 150 valence electrons. The van der Waals surface area contributed by atoms with Gasteiger partial charge in [-0.15, -0.1) is 0 Å². The molecule has 0 unspecified atom stereocenters. The van der Waals surface area contributed by atoms with E-state index in [9.17, 15) is 0 Å². The minimum atomic E-state index is 0.252. The molecule has 0 saturated carbocycles. The average Bonchev–Trinajstić information content (AvgIpc) is 3.19. The maximum absolute atomic E-state index is 6.15. The smallest absolute Gasteiger partial charge is 0.231 e. The quantitative estimate of drug-likeness (QED) is 0.451. The van der Waals surface area contributed by atoms with E-state index < -0.39 is 0 Å². The Morgan fingerprint density at radius 2 is 1.93 bits per heavy atom. The van der Waals surface area contributed by atoms with Crippen molar-refractivity contribution in [3.05, 3.63) is 75.2 Å². The SMILES string of the molecule is COc1ccc(Br)c(CNc2ccc3c(c2)OCO3)c1OCc1cccc(Cl)c1. The predicted molar refractivity (Wildman–Crippen MR) is 116 cm³/mol. The van der Waals surface area contributed by atoms with Crippen molar-refractivity contribution < 1.29 is 18.9 Å². The monoisotopic (exact) mass is 475 g/mol. The number of hydrogen-bond acceptors (Lipinski definition) is 5. The first-order chi connectivity index (χ1) is 14.1. The standard InChI is InChI=1S/C22H19BrClNO4/c1-26-20-8-6-18(23)17(22(20)27-12-14-3-2-4-15(24)9-14)11-25-16-5-7-19-21(10-16)29-13-28-19/h2-10,25H,11-13H2,1H3. The van der Waals surface area contributed by atoms with Crippen LogP contribution in [0.4, 0.5) is 5.69 Å². The van der Waals surface area contributed by atoms with E-state index in [1.54, 1.807) is 7.11 Å². The molecule has 3 aromatic carbocycles. The van der Waals surface area contributed by atoms with Crippen molar-refractivity contribution in [1.29, 1.82) is 0 Å². The van der Waals surface area contributed by atoms with Crippen molar-refractivity contribution in [2.75, 3.05) is 19.2 Å². The van der Waals surface area contributed by atoms with Crippen LogP contribution in [0.1, 0.15) is 11.1 Å². The molecule has 0 amide bonds. The minimum absolute atomic E-state index is 0.252. The molecule has 0 aromatic heterocycles. The van der Waals surface area contributed by atoms with Gasteiger partial charge < -0.3 is 24.3 Å². The van der Waals surface area contributed by atoms with E-state index in [1.165, 1.54) is 0 Å². The summed E-state index contributed by atoms with van der Waals surface area (Å²) in [4.78, 5) is 0. The van der Waals surface area contributed by atoms with Crippen molar-refractivity contribution in [1.82, 2.24) is 0 Å². The lowest BCUT2D eigenvalue weighted by Crippen LogP contribution is -2.06. The highest BCUT2D eigenvalue weighted by Crippen LogP contribution is 2.38. The van der Waals surface area contributed by atoms with E-state index in [1.807, 2.05) is 54.6 Å². The highest BCUT2D eigenvalue weighted by atomic mass is 79.9. The molecule has 0 spiro atoms. The third kappa shape index (κ3) is 4.54. The molecule has 1 aliphatic rings. The van der Waals surface area contributed by atoms with Crippen LogP contribution < -0.4 is 24.3 Å². The fourth-order valence-electron chi connectivity index (χ4n) is 3.05. The number of ether oxygens (including phenoxy) is 4. The van der Waals surface area contributed by atoms with Crippen molar-refractivity contribution >= 4 is 33.2 Å². The predicted octanol–water partition coefficient (Wildman–Crippen LogP) is 6.03. The van der Waals surface area contributed by atoms with Gasteiger partial charge in [0, 0.05) is 33.4 Å². The second-order valence-corrected chi connectivity index (χ2v) is 7.69. The molecule has 4 rings (SSSR count). The lowest BCUT2D eigenvalue weighted by Gasteiger charge is -2.18. The normalized spacial score (nSPS) is 12.0. The number of rotatable bonds is 7. The molecule has 0 bridgehead atoms. The first-order valence-corrected chi connectivity index (χ1v) is 10.2. The highest BCUT2D eigenvalue weighted by molar-refractivity contribution is 9.10. The number of anilines is 1. The third-order valence-corrected chi connectivity index (χ3v) is 5.48. The topological polar surface area (TPSA) is 49.0 Å². The Morgan fingerprint density at radius 3 is 2.76 bits per heavy atom. The molecular formula is C22H19BrClNO4. The molecule has 0 aliphatic carbocycles. The van der Waals surface area contributed by atoms with E-state index in [0.717, 1.165) is 32.8 Å². The summed E-state index contributed by atoms with van der Waals surface area (Å²) in [6.07, 6.45) is 0. The summed E-state index contributed by atoms with van der Waals surface area (Å²) in [5, 5.41) is 4.09. The van der Waals surface area contributed by atoms with E-state index in [-0.39, 0.29) is 6.79 Å². The van der Waals surface area contributed by atoms with E-state index in [4.69, 9.17) is 30.5 Å². The van der Waals surface area contributed by atoms with Crippen LogP contribution in [0.25, 0.3) is 0 Å². The van der Waals surface area contributed by atoms with E-state index in [2.05, 4.69) is 21.2 Å². The second kappa shape index (κ2) is 8.84. The van der Waals surface area contributed by atoms with Crippen molar-refractivity contribution in [3.63, 3.8) is 0 Å². The molecule has 0 saturated heterocycles. The number of benzene rings is 3. The number of halogens is 2. The summed E-state index contributed by atoms with van der Waals surface area (Å²) in [6, 6.07) is 17.2. The van der Waals surface area contributed by atoms with Gasteiger partial charge in [-0.1, -0.05) is 39.7 Å². The number of hydrogen-bond donors (Lipinski definition) is 1. The molecule has 1 heterocycles. The summed E-state index contributed by atoms with van der Waals surface area (Å²) in [5.41, 5.74) is 2.85. The Kier molecular flexibility index (Phi) is 6.02. The van der Waals surface area contributed by atoms with Gasteiger partial charge in [0.15, 0.2) is 23.0 Å². The van der Waals surface area contributed by atoms with Crippen LogP contribution in [0, 0.1) is 0 Å². The van der Waals surface area contributed by atoms with Crippen LogP contribution in [-0.4, -0.2) is 13.9 Å². The fourth-order valence-corrected chi connectivity index (χ4v) is 3.71. The van der Waals surface area contributed by atoms with Gasteiger partial charge in [0.05, 0.1) is 7.11 Å². The molecule has 0 radical (unpaired) electrons. The van der Waals surface area contributed by atoms with Gasteiger partial charge in [-0.05, 0) is 42.0 Å². The largest absolute Gasteiger partial charge is 0.493 e. The zero-order valence-electron chi connectivity index (χ0n) is 15.7. The van der Waals surface area contributed by atoms with Crippen LogP contribution in [0.3, 0.4) is 0 Å². The second-order valence-electron chi connectivity index (χ2n) is 6.40. The summed E-state index contributed by atoms with van der Waals surface area (Å²) in [5.74, 6) is 2.83. The number of fused-ring (bicyclic) bond motifs is 1. The van der Waals surface area contributed by atoms with Crippen molar-refractivity contribution in [2.24, 2.45) is 0 Å². The maximum Gasteiger partial charge on any atom is 0.231 e. The zero-order chi connectivity index (χ0) is 20.2. The van der Waals surface area contributed by atoms with Crippen LogP contribution in [0.5, 0.6) is 23.0 Å². The Hall–Kier alpha value is -2.57. The Bertz CT molecular complexity index is 1030. The van der Waals surface area contributed by atoms with Gasteiger partial charge in [0.25, 0.3) is 0 Å². The Morgan fingerprint density at radius 1 is 1.07 bits per heavy atom. The van der Waals surface area contributed by atoms with Gasteiger partial charge in [-0.2, -0.15) is 0 Å². The lowest BCUT2D eigenvalue weighted by molar-refractivity contribution is 0.174. The highest BCUT2D eigenvalue weighted by Gasteiger charge is 2.17. The first-order valence-electron chi connectivity index (χ1n) is 9.00. The lowest BCUT2D eigenvalue weighted by atomic mass is 10.1. The van der Waals surface area contributed by atoms with Gasteiger partial charge in [0.1, 0.15) is 6.61 Å². The molecule has 5 nitrogen and oxygen atoms in total. The minimum Gasteiger partial charge on any atom is -0.493 e. The van der Waals surface area contributed by atoms with Gasteiger partial charge in [-0.3, -0.25) is 0 Å². The van der Waals surface area contributed by atoms with Gasteiger partial charge in [-0.25, -0.2) is 0 Å². The van der Waals surface area contributed by atoms with Gasteiger partial charge >= 0.3 is 0 Å². The van der Waals surface area contributed by atoms with Crippen LogP contribution in [-0.2, 0) is 13.2 Å². The Labute approximate surface area is 182 Å². The summed E-state index contributed by atoms with van der Waals surface area (Å²) in [6.45, 7) is 1.16. The molecule has 1 N–H and O–H groups in total. The van der Waals surface area contributed by atoms with Crippen LogP contribution in [0.2, 0.25) is 5.02 Å². The summed E-state index contributed by atoms with van der Waals surface area (Å²) >= 11 is 9.71. The Balaban J connectivity index is 1.55. The van der Waals surface area contributed by atoms with Gasteiger partial charge in [0.2, 0.25) is 6.79 Å². The van der Waals surface area contributed by atoms with E-state index >= 15 is 0 Å². The number of methoxy groups -OCH3 is 1. The summed E-state index contributed by atoms with van der Waals surface area (Å²) in [7, 11) is 1.63.